The average molecular weight is 301 g/mol. The number of hydroxylamine groups is 2. The van der Waals surface area contributed by atoms with Crippen molar-refractivity contribution in [1.82, 2.24) is 5.06 Å². The standard InChI is InChI=1S/C16H15NO5/c18-14-10-3-1-2-4-11(10)15(19)17(14)22-16(20)12-7-5-9-6-8-13(12)21-9/h1-4,9,12-13H,5-8H2/t9-,12+,13+/m0/s1. The molecule has 0 aromatic heterocycles. The summed E-state index contributed by atoms with van der Waals surface area (Å²) in [7, 11) is 0. The van der Waals surface area contributed by atoms with Crippen LogP contribution in [0.25, 0.3) is 0 Å². The van der Waals surface area contributed by atoms with Crippen LogP contribution in [0.5, 0.6) is 0 Å². The van der Waals surface area contributed by atoms with Gasteiger partial charge >= 0.3 is 5.97 Å². The lowest BCUT2D eigenvalue weighted by atomic mass is 9.96. The van der Waals surface area contributed by atoms with Crippen molar-refractivity contribution in [3.05, 3.63) is 35.4 Å². The molecule has 114 valence electrons. The van der Waals surface area contributed by atoms with E-state index in [1.54, 1.807) is 24.3 Å². The number of ether oxygens (including phenoxy) is 1. The maximum absolute atomic E-state index is 12.3. The van der Waals surface area contributed by atoms with Crippen LogP contribution in [0.1, 0.15) is 46.4 Å². The Morgan fingerprint density at radius 1 is 1.05 bits per heavy atom. The van der Waals surface area contributed by atoms with Crippen LogP contribution in [0.3, 0.4) is 0 Å². The van der Waals surface area contributed by atoms with Gasteiger partial charge in [-0.2, -0.15) is 0 Å². The molecule has 2 fully saturated rings. The summed E-state index contributed by atoms with van der Waals surface area (Å²) in [5.41, 5.74) is 0.530. The Labute approximate surface area is 126 Å². The SMILES string of the molecule is O=C(ON1C(=O)c2ccccc2C1=O)[C@@H]1CC[C@H]2CC[C@H]1O2. The number of fused-ring (bicyclic) bond motifs is 3. The molecule has 1 aromatic carbocycles. The van der Waals surface area contributed by atoms with Crippen molar-refractivity contribution in [3.8, 4) is 0 Å². The van der Waals surface area contributed by atoms with Crippen LogP contribution in [-0.2, 0) is 14.4 Å². The molecule has 0 unspecified atom stereocenters. The van der Waals surface area contributed by atoms with E-state index < -0.39 is 23.7 Å². The first-order valence-corrected chi connectivity index (χ1v) is 7.50. The topological polar surface area (TPSA) is 72.9 Å². The Hall–Kier alpha value is -2.21. The molecule has 3 aliphatic rings. The largest absolute Gasteiger partial charge is 0.374 e. The smallest absolute Gasteiger partial charge is 0.338 e. The second-order valence-electron chi connectivity index (χ2n) is 5.92. The van der Waals surface area contributed by atoms with Crippen molar-refractivity contribution < 1.29 is 24.0 Å². The number of rotatable bonds is 2. The normalized spacial score (nSPS) is 29.6. The first-order chi connectivity index (χ1) is 10.6. The van der Waals surface area contributed by atoms with E-state index in [1.807, 2.05) is 0 Å². The van der Waals surface area contributed by atoms with Gasteiger partial charge in [0.25, 0.3) is 11.8 Å². The molecule has 3 atom stereocenters. The van der Waals surface area contributed by atoms with E-state index in [0.29, 0.717) is 11.5 Å². The van der Waals surface area contributed by atoms with Crippen molar-refractivity contribution in [2.24, 2.45) is 5.92 Å². The third-order valence-electron chi connectivity index (χ3n) is 4.63. The number of hydrogen-bond acceptors (Lipinski definition) is 5. The summed E-state index contributed by atoms with van der Waals surface area (Å²) >= 11 is 0. The number of nitrogens with zero attached hydrogens (tertiary/aromatic N) is 1. The van der Waals surface area contributed by atoms with Gasteiger partial charge in [-0.25, -0.2) is 4.79 Å². The summed E-state index contributed by atoms with van der Waals surface area (Å²) in [5.74, 6) is -2.13. The molecule has 2 bridgehead atoms. The number of amides is 2. The summed E-state index contributed by atoms with van der Waals surface area (Å²) in [6, 6.07) is 6.44. The van der Waals surface area contributed by atoms with Gasteiger partial charge in [-0.05, 0) is 37.8 Å². The number of carbonyl (C=O) groups excluding carboxylic acids is 3. The molecule has 4 rings (SSSR count). The minimum atomic E-state index is -0.588. The summed E-state index contributed by atoms with van der Waals surface area (Å²) in [5, 5.41) is 0.577. The van der Waals surface area contributed by atoms with Crippen LogP contribution in [0.15, 0.2) is 24.3 Å². The predicted molar refractivity (Wildman–Crippen MR) is 73.7 cm³/mol. The lowest BCUT2D eigenvalue weighted by Gasteiger charge is -2.28. The Balaban J connectivity index is 1.51. The van der Waals surface area contributed by atoms with Crippen LogP contribution in [-0.4, -0.2) is 35.1 Å². The van der Waals surface area contributed by atoms with E-state index >= 15 is 0 Å². The molecule has 0 spiro atoms. The van der Waals surface area contributed by atoms with Gasteiger partial charge in [0.05, 0.1) is 29.3 Å². The number of carbonyl (C=O) groups is 3. The van der Waals surface area contributed by atoms with Gasteiger partial charge in [0, 0.05) is 0 Å². The van der Waals surface area contributed by atoms with Crippen LogP contribution in [0.4, 0.5) is 0 Å². The Kier molecular flexibility index (Phi) is 3.00. The highest BCUT2D eigenvalue weighted by Crippen LogP contribution is 2.37. The summed E-state index contributed by atoms with van der Waals surface area (Å²) in [6.45, 7) is 0. The summed E-state index contributed by atoms with van der Waals surface area (Å²) < 4.78 is 5.72. The van der Waals surface area contributed by atoms with Gasteiger partial charge in [-0.1, -0.05) is 17.2 Å². The molecule has 6 heteroatoms. The Morgan fingerprint density at radius 2 is 1.68 bits per heavy atom. The Morgan fingerprint density at radius 3 is 2.36 bits per heavy atom. The quantitative estimate of drug-likeness (QED) is 0.777. The van der Waals surface area contributed by atoms with Crippen molar-refractivity contribution in [3.63, 3.8) is 0 Å². The highest BCUT2D eigenvalue weighted by Gasteiger charge is 2.44. The van der Waals surface area contributed by atoms with E-state index in [0.717, 1.165) is 19.3 Å². The lowest BCUT2D eigenvalue weighted by molar-refractivity contribution is -0.182. The van der Waals surface area contributed by atoms with E-state index in [4.69, 9.17) is 9.57 Å². The van der Waals surface area contributed by atoms with Crippen molar-refractivity contribution in [2.45, 2.75) is 37.9 Å². The number of benzene rings is 1. The zero-order valence-electron chi connectivity index (χ0n) is 11.9. The molecule has 0 aliphatic carbocycles. The highest BCUT2D eigenvalue weighted by atomic mass is 16.7. The zero-order chi connectivity index (χ0) is 15.3. The third-order valence-corrected chi connectivity index (χ3v) is 4.63. The molecule has 0 saturated carbocycles. The third kappa shape index (κ3) is 1.94. The maximum atomic E-state index is 12.3. The van der Waals surface area contributed by atoms with Gasteiger partial charge in [0.15, 0.2) is 0 Å². The zero-order valence-corrected chi connectivity index (χ0v) is 11.9. The molecule has 1 aromatic rings. The van der Waals surface area contributed by atoms with E-state index in [2.05, 4.69) is 0 Å². The van der Waals surface area contributed by atoms with Crippen LogP contribution in [0.2, 0.25) is 0 Å². The average Bonchev–Trinajstić information content (AvgIpc) is 3.02. The van der Waals surface area contributed by atoms with Gasteiger partial charge in [-0.3, -0.25) is 9.59 Å². The monoisotopic (exact) mass is 301 g/mol. The first kappa shape index (κ1) is 13.5. The number of imide groups is 1. The van der Waals surface area contributed by atoms with Crippen molar-refractivity contribution in [1.29, 1.82) is 0 Å². The maximum Gasteiger partial charge on any atom is 0.338 e. The molecule has 22 heavy (non-hydrogen) atoms. The molecule has 6 nitrogen and oxygen atoms in total. The van der Waals surface area contributed by atoms with Gasteiger partial charge in [-0.15, -0.1) is 0 Å². The van der Waals surface area contributed by atoms with Gasteiger partial charge in [0.2, 0.25) is 0 Å². The highest BCUT2D eigenvalue weighted by molar-refractivity contribution is 6.20. The minimum absolute atomic E-state index is 0.151. The fourth-order valence-corrected chi connectivity index (χ4v) is 3.47. The second kappa shape index (κ2) is 4.91. The Bertz CT molecular complexity index is 635. The first-order valence-electron chi connectivity index (χ1n) is 7.50. The summed E-state index contributed by atoms with van der Waals surface area (Å²) in [4.78, 5) is 41.8. The molecular weight excluding hydrogens is 286 g/mol. The van der Waals surface area contributed by atoms with Crippen molar-refractivity contribution >= 4 is 17.8 Å². The van der Waals surface area contributed by atoms with E-state index in [-0.39, 0.29) is 23.3 Å². The van der Waals surface area contributed by atoms with E-state index in [1.165, 1.54) is 0 Å². The molecule has 0 N–H and O–H groups in total. The number of hydrogen-bond donors (Lipinski definition) is 0. The van der Waals surface area contributed by atoms with Gasteiger partial charge < -0.3 is 9.57 Å². The molecule has 3 aliphatic heterocycles. The van der Waals surface area contributed by atoms with Crippen LogP contribution in [0, 0.1) is 5.92 Å². The predicted octanol–water partition coefficient (Wildman–Crippen LogP) is 1.70. The molecule has 2 amide bonds. The minimum Gasteiger partial charge on any atom is -0.374 e. The molecule has 3 heterocycles. The molecule has 2 saturated heterocycles. The van der Waals surface area contributed by atoms with Crippen LogP contribution >= 0.6 is 0 Å². The summed E-state index contributed by atoms with van der Waals surface area (Å²) in [6.07, 6.45) is 3.37. The fraction of sp³-hybridized carbons (Fsp3) is 0.438. The molecule has 0 radical (unpaired) electrons. The van der Waals surface area contributed by atoms with E-state index in [9.17, 15) is 14.4 Å². The fourth-order valence-electron chi connectivity index (χ4n) is 3.47. The van der Waals surface area contributed by atoms with Gasteiger partial charge in [0.1, 0.15) is 0 Å². The molecular formula is C16H15NO5. The van der Waals surface area contributed by atoms with Crippen LogP contribution < -0.4 is 0 Å². The lowest BCUT2D eigenvalue weighted by Crippen LogP contribution is -2.40. The second-order valence-corrected chi connectivity index (χ2v) is 5.92. The van der Waals surface area contributed by atoms with Crippen molar-refractivity contribution in [2.75, 3.05) is 0 Å².